The van der Waals surface area contributed by atoms with E-state index in [2.05, 4.69) is 16.0 Å². The monoisotopic (exact) mass is 436 g/mol. The van der Waals surface area contributed by atoms with E-state index < -0.39 is 30.4 Å². The van der Waals surface area contributed by atoms with Gasteiger partial charge < -0.3 is 36.7 Å². The molecule has 0 spiro atoms. The lowest BCUT2D eigenvalue weighted by atomic mass is 10.1. The number of aliphatic hydroxyl groups is 1. The Labute approximate surface area is 181 Å². The van der Waals surface area contributed by atoms with E-state index in [-0.39, 0.29) is 18.6 Å². The Morgan fingerprint density at radius 3 is 2.26 bits per heavy atom. The highest BCUT2D eigenvalue weighted by atomic mass is 16.4. The molecule has 0 radical (unpaired) electrons. The molecule has 31 heavy (non-hydrogen) atoms. The number of benzene rings is 1. The van der Waals surface area contributed by atoms with Gasteiger partial charge in [-0.3, -0.25) is 14.4 Å². The Bertz CT molecular complexity index is 700. The fourth-order valence-corrected chi connectivity index (χ4v) is 2.85. The van der Waals surface area contributed by atoms with Crippen molar-refractivity contribution in [3.8, 4) is 0 Å². The molecule has 1 rings (SSSR count). The number of carboxylic acids is 1. The topological polar surface area (TPSA) is 171 Å². The maximum Gasteiger partial charge on any atom is 0.305 e. The molecule has 172 valence electrons. The highest BCUT2D eigenvalue weighted by Crippen LogP contribution is 2.02. The third-order valence-corrected chi connectivity index (χ3v) is 4.59. The molecule has 0 saturated heterocycles. The fraction of sp³-hybridized carbons (Fsp3) is 0.524. The zero-order valence-corrected chi connectivity index (χ0v) is 17.5. The van der Waals surface area contributed by atoms with Crippen LogP contribution >= 0.6 is 0 Å². The number of hydrogen-bond donors (Lipinski definition) is 6. The standard InChI is InChI=1S/C21H32N4O6/c22-18(21(31)25-17(14-27)12-19(28)29)9-5-11-23-10-4-8-16(13-26)24-20(30)15-6-2-1-3-7-15/h1-3,6-7,14,16-18,23,26H,4-5,8-13,22H2,(H,24,30)(H,25,31)(H,28,29)/t16?,17-,18-/m0/s1. The molecule has 7 N–H and O–H groups in total. The van der Waals surface area contributed by atoms with E-state index in [1.807, 2.05) is 6.07 Å². The molecule has 0 fully saturated rings. The minimum Gasteiger partial charge on any atom is -0.481 e. The molecule has 0 saturated carbocycles. The second-order valence-corrected chi connectivity index (χ2v) is 7.21. The van der Waals surface area contributed by atoms with Crippen LogP contribution in [0.4, 0.5) is 0 Å². The zero-order chi connectivity index (χ0) is 23.1. The predicted octanol–water partition coefficient (Wildman–Crippen LogP) is -0.587. The van der Waals surface area contributed by atoms with Gasteiger partial charge in [0.05, 0.1) is 31.2 Å². The molecule has 1 aromatic carbocycles. The van der Waals surface area contributed by atoms with Gasteiger partial charge in [0.2, 0.25) is 5.91 Å². The summed E-state index contributed by atoms with van der Waals surface area (Å²) in [6, 6.07) is 6.55. The van der Waals surface area contributed by atoms with Crippen molar-refractivity contribution in [3.63, 3.8) is 0 Å². The number of hydrogen-bond acceptors (Lipinski definition) is 7. The number of aldehydes is 1. The average molecular weight is 437 g/mol. The van der Waals surface area contributed by atoms with E-state index >= 15 is 0 Å². The van der Waals surface area contributed by atoms with Crippen LogP contribution in [0.1, 0.15) is 42.5 Å². The SMILES string of the molecule is N[C@@H](CCCNCCCC(CO)NC(=O)c1ccccc1)C(=O)N[C@H](C=O)CC(=O)O. The van der Waals surface area contributed by atoms with E-state index in [1.54, 1.807) is 24.3 Å². The number of aliphatic carboxylic acids is 1. The maximum absolute atomic E-state index is 12.1. The van der Waals surface area contributed by atoms with Crippen molar-refractivity contribution in [2.75, 3.05) is 19.7 Å². The number of amides is 2. The van der Waals surface area contributed by atoms with Crippen LogP contribution in [0.15, 0.2) is 30.3 Å². The van der Waals surface area contributed by atoms with Gasteiger partial charge in [-0.05, 0) is 50.9 Å². The Kier molecular flexibility index (Phi) is 12.7. The van der Waals surface area contributed by atoms with E-state index in [0.29, 0.717) is 44.2 Å². The number of carbonyl (C=O) groups excluding carboxylic acids is 3. The van der Waals surface area contributed by atoms with Crippen molar-refractivity contribution in [2.24, 2.45) is 5.73 Å². The molecule has 0 aliphatic rings. The molecule has 0 heterocycles. The minimum absolute atomic E-state index is 0.147. The van der Waals surface area contributed by atoms with Gasteiger partial charge in [0, 0.05) is 5.56 Å². The first-order chi connectivity index (χ1) is 14.9. The first kappa shape index (κ1) is 26.2. The summed E-state index contributed by atoms with van der Waals surface area (Å²) in [4.78, 5) is 45.4. The Hall–Kier alpha value is -2.82. The minimum atomic E-state index is -1.18. The summed E-state index contributed by atoms with van der Waals surface area (Å²) >= 11 is 0. The normalized spacial score (nSPS) is 13.6. The van der Waals surface area contributed by atoms with Crippen LogP contribution in [0.25, 0.3) is 0 Å². The molecule has 3 atom stereocenters. The molecule has 0 aliphatic heterocycles. The molecule has 10 heteroatoms. The molecule has 1 aromatic rings. The molecule has 0 bridgehead atoms. The highest BCUT2D eigenvalue weighted by molar-refractivity contribution is 5.94. The van der Waals surface area contributed by atoms with Crippen molar-refractivity contribution >= 4 is 24.1 Å². The zero-order valence-electron chi connectivity index (χ0n) is 17.5. The molecular weight excluding hydrogens is 404 g/mol. The van der Waals surface area contributed by atoms with Crippen LogP contribution < -0.4 is 21.7 Å². The van der Waals surface area contributed by atoms with Crippen LogP contribution in [0.3, 0.4) is 0 Å². The molecule has 10 nitrogen and oxygen atoms in total. The second kappa shape index (κ2) is 15.1. The van der Waals surface area contributed by atoms with Crippen molar-refractivity contribution in [3.05, 3.63) is 35.9 Å². The summed E-state index contributed by atoms with van der Waals surface area (Å²) in [5.74, 6) is -1.96. The van der Waals surface area contributed by atoms with Crippen molar-refractivity contribution < 1.29 is 29.4 Å². The van der Waals surface area contributed by atoms with Crippen LogP contribution in [-0.2, 0) is 14.4 Å². The van der Waals surface area contributed by atoms with E-state index in [9.17, 15) is 24.3 Å². The summed E-state index contributed by atoms with van der Waals surface area (Å²) in [7, 11) is 0. The molecular formula is C21H32N4O6. The largest absolute Gasteiger partial charge is 0.481 e. The smallest absolute Gasteiger partial charge is 0.305 e. The number of carbonyl (C=O) groups is 4. The lowest BCUT2D eigenvalue weighted by Gasteiger charge is -2.17. The first-order valence-electron chi connectivity index (χ1n) is 10.3. The third kappa shape index (κ3) is 11.2. The second-order valence-electron chi connectivity index (χ2n) is 7.21. The van der Waals surface area contributed by atoms with Crippen LogP contribution in [0, 0.1) is 0 Å². The van der Waals surface area contributed by atoms with Crippen LogP contribution in [-0.4, -0.2) is 72.1 Å². The number of rotatable bonds is 16. The first-order valence-corrected chi connectivity index (χ1v) is 10.3. The van der Waals surface area contributed by atoms with Gasteiger partial charge in [0.25, 0.3) is 5.91 Å². The molecule has 2 amide bonds. The van der Waals surface area contributed by atoms with Crippen LogP contribution in [0.2, 0.25) is 0 Å². The van der Waals surface area contributed by atoms with Gasteiger partial charge in [0.15, 0.2) is 0 Å². The molecule has 0 aromatic heterocycles. The lowest BCUT2D eigenvalue weighted by Crippen LogP contribution is -2.46. The van der Waals surface area contributed by atoms with Gasteiger partial charge in [-0.1, -0.05) is 18.2 Å². The predicted molar refractivity (Wildman–Crippen MR) is 114 cm³/mol. The summed E-state index contributed by atoms with van der Waals surface area (Å²) in [6.45, 7) is 1.14. The number of nitrogens with one attached hydrogen (secondary N) is 3. The average Bonchev–Trinajstić information content (AvgIpc) is 2.76. The number of aliphatic hydroxyl groups excluding tert-OH is 1. The van der Waals surface area contributed by atoms with Crippen molar-refractivity contribution in [1.29, 1.82) is 0 Å². The van der Waals surface area contributed by atoms with E-state index in [4.69, 9.17) is 10.8 Å². The van der Waals surface area contributed by atoms with Gasteiger partial charge in [0.1, 0.15) is 6.29 Å². The van der Waals surface area contributed by atoms with Crippen molar-refractivity contribution in [2.45, 2.75) is 50.2 Å². The maximum atomic E-state index is 12.1. The lowest BCUT2D eigenvalue weighted by molar-refractivity contribution is -0.138. The van der Waals surface area contributed by atoms with E-state index in [0.717, 1.165) is 6.42 Å². The van der Waals surface area contributed by atoms with Gasteiger partial charge in [-0.15, -0.1) is 0 Å². The van der Waals surface area contributed by atoms with Crippen LogP contribution in [0.5, 0.6) is 0 Å². The number of nitrogens with two attached hydrogens (primary N) is 1. The quantitative estimate of drug-likeness (QED) is 0.147. The summed E-state index contributed by atoms with van der Waals surface area (Å²) in [5, 5.41) is 26.5. The van der Waals surface area contributed by atoms with Gasteiger partial charge >= 0.3 is 5.97 Å². The summed E-state index contributed by atoms with van der Waals surface area (Å²) in [6.07, 6.45) is 2.24. The highest BCUT2D eigenvalue weighted by Gasteiger charge is 2.19. The van der Waals surface area contributed by atoms with E-state index in [1.165, 1.54) is 0 Å². The Morgan fingerprint density at radius 2 is 1.68 bits per heavy atom. The van der Waals surface area contributed by atoms with Crippen molar-refractivity contribution in [1.82, 2.24) is 16.0 Å². The third-order valence-electron chi connectivity index (χ3n) is 4.59. The molecule has 0 aliphatic carbocycles. The number of carboxylic acid groups (broad SMARTS) is 1. The molecule has 1 unspecified atom stereocenters. The van der Waals surface area contributed by atoms with Gasteiger partial charge in [-0.2, -0.15) is 0 Å². The Morgan fingerprint density at radius 1 is 1.03 bits per heavy atom. The Balaban J connectivity index is 2.16. The summed E-state index contributed by atoms with van der Waals surface area (Å²) < 4.78 is 0. The fourth-order valence-electron chi connectivity index (χ4n) is 2.85. The summed E-state index contributed by atoms with van der Waals surface area (Å²) in [5.41, 5.74) is 6.32. The van der Waals surface area contributed by atoms with Gasteiger partial charge in [-0.25, -0.2) is 0 Å².